The molecule has 1 aliphatic rings. The lowest BCUT2D eigenvalue weighted by atomic mass is 10.1. The van der Waals surface area contributed by atoms with Gasteiger partial charge in [0.1, 0.15) is 23.4 Å². The van der Waals surface area contributed by atoms with Gasteiger partial charge in [0, 0.05) is 43.3 Å². The van der Waals surface area contributed by atoms with E-state index in [4.69, 9.17) is 14.5 Å². The topological polar surface area (TPSA) is 85.1 Å². The van der Waals surface area contributed by atoms with Crippen LogP contribution < -0.4 is 20.1 Å². The maximum absolute atomic E-state index is 5.93. The zero-order valence-electron chi connectivity index (χ0n) is 18.8. The highest BCUT2D eigenvalue weighted by molar-refractivity contribution is 14.0. The number of hydrogen-bond acceptors (Lipinski definition) is 5. The van der Waals surface area contributed by atoms with Crippen LogP contribution in [0.3, 0.4) is 0 Å². The number of halogens is 1. The molecule has 172 valence electrons. The van der Waals surface area contributed by atoms with E-state index < -0.39 is 0 Å². The van der Waals surface area contributed by atoms with Crippen molar-refractivity contribution in [2.24, 2.45) is 4.99 Å². The molecule has 1 aliphatic heterocycles. The van der Waals surface area contributed by atoms with E-state index in [1.54, 1.807) is 0 Å². The molecule has 32 heavy (non-hydrogen) atoms. The molecule has 1 unspecified atom stereocenters. The standard InChI is InChI=1S/C23H30N6O2.HI/c1-4-24-23(25-10-9-22-28-27-21-8-6-7-11-29(21)22)26-15-18-14-20-17(12-16(3)31-20)13-19(18)30-5-2;/h6-8,11,13-14,16H,4-5,9-10,12,15H2,1-3H3,(H2,24,25,26);1H. The quantitative estimate of drug-likeness (QED) is 0.254. The number of pyridine rings is 1. The number of benzene rings is 1. The lowest BCUT2D eigenvalue weighted by Gasteiger charge is -2.13. The summed E-state index contributed by atoms with van der Waals surface area (Å²) in [5.41, 5.74) is 3.08. The first-order valence-electron chi connectivity index (χ1n) is 10.9. The first-order valence-corrected chi connectivity index (χ1v) is 10.9. The van der Waals surface area contributed by atoms with E-state index in [0.29, 0.717) is 19.7 Å². The predicted molar refractivity (Wildman–Crippen MR) is 136 cm³/mol. The Morgan fingerprint density at radius 3 is 2.94 bits per heavy atom. The molecule has 9 heteroatoms. The monoisotopic (exact) mass is 550 g/mol. The third-order valence-corrected chi connectivity index (χ3v) is 5.16. The van der Waals surface area contributed by atoms with Crippen LogP contribution in [-0.2, 0) is 19.4 Å². The van der Waals surface area contributed by atoms with Crippen LogP contribution in [0.2, 0.25) is 0 Å². The minimum atomic E-state index is 0. The van der Waals surface area contributed by atoms with Crippen molar-refractivity contribution in [1.82, 2.24) is 25.2 Å². The van der Waals surface area contributed by atoms with Gasteiger partial charge in [0.25, 0.3) is 0 Å². The van der Waals surface area contributed by atoms with Crippen LogP contribution >= 0.6 is 24.0 Å². The van der Waals surface area contributed by atoms with Crippen molar-refractivity contribution < 1.29 is 9.47 Å². The van der Waals surface area contributed by atoms with E-state index in [2.05, 4.69) is 46.8 Å². The van der Waals surface area contributed by atoms with Crippen LogP contribution in [0.1, 0.15) is 37.7 Å². The molecule has 8 nitrogen and oxygen atoms in total. The van der Waals surface area contributed by atoms with Crippen LogP contribution in [0.5, 0.6) is 11.5 Å². The van der Waals surface area contributed by atoms with Gasteiger partial charge in [-0.15, -0.1) is 34.2 Å². The third kappa shape index (κ3) is 5.62. The maximum Gasteiger partial charge on any atom is 0.191 e. The molecule has 3 aromatic rings. The number of nitrogens with one attached hydrogen (secondary N) is 2. The molecule has 4 rings (SSSR count). The van der Waals surface area contributed by atoms with Gasteiger partial charge in [-0.1, -0.05) is 6.07 Å². The van der Waals surface area contributed by atoms with Crippen molar-refractivity contribution in [2.45, 2.75) is 46.3 Å². The molecule has 3 heterocycles. The van der Waals surface area contributed by atoms with Crippen molar-refractivity contribution in [3.8, 4) is 11.5 Å². The van der Waals surface area contributed by atoms with E-state index in [1.165, 1.54) is 5.56 Å². The largest absolute Gasteiger partial charge is 0.494 e. The summed E-state index contributed by atoms with van der Waals surface area (Å²) >= 11 is 0. The van der Waals surface area contributed by atoms with Crippen LogP contribution in [0, 0.1) is 0 Å². The summed E-state index contributed by atoms with van der Waals surface area (Å²) in [6.45, 7) is 8.75. The Labute approximate surface area is 205 Å². The van der Waals surface area contributed by atoms with Crippen LogP contribution in [-0.4, -0.2) is 46.4 Å². The highest BCUT2D eigenvalue weighted by Crippen LogP contribution is 2.35. The van der Waals surface area contributed by atoms with E-state index in [0.717, 1.165) is 53.9 Å². The summed E-state index contributed by atoms with van der Waals surface area (Å²) in [5.74, 6) is 3.50. The number of aliphatic imine (C=N–C) groups is 1. The fourth-order valence-electron chi connectivity index (χ4n) is 3.75. The lowest BCUT2D eigenvalue weighted by molar-refractivity contribution is 0.254. The van der Waals surface area contributed by atoms with Gasteiger partial charge in [-0.2, -0.15) is 0 Å². The zero-order chi connectivity index (χ0) is 21.6. The van der Waals surface area contributed by atoms with Crippen molar-refractivity contribution in [1.29, 1.82) is 0 Å². The van der Waals surface area contributed by atoms with E-state index in [9.17, 15) is 0 Å². The number of nitrogens with zero attached hydrogens (tertiary/aromatic N) is 4. The van der Waals surface area contributed by atoms with Gasteiger partial charge in [-0.25, -0.2) is 4.99 Å². The molecule has 2 N–H and O–H groups in total. The number of rotatable bonds is 8. The summed E-state index contributed by atoms with van der Waals surface area (Å²) in [6, 6.07) is 10.1. The summed E-state index contributed by atoms with van der Waals surface area (Å²) in [7, 11) is 0. The van der Waals surface area contributed by atoms with Crippen LogP contribution in [0.4, 0.5) is 0 Å². The maximum atomic E-state index is 5.93. The molecule has 1 atom stereocenters. The van der Waals surface area contributed by atoms with Gasteiger partial charge in [0.15, 0.2) is 11.6 Å². The molecule has 0 radical (unpaired) electrons. The Hall–Kier alpha value is -2.56. The minimum Gasteiger partial charge on any atom is -0.494 e. The predicted octanol–water partition coefficient (Wildman–Crippen LogP) is 3.37. The second-order valence-electron chi connectivity index (χ2n) is 7.55. The number of guanidine groups is 1. The van der Waals surface area contributed by atoms with Crippen LogP contribution in [0.25, 0.3) is 5.65 Å². The number of hydrogen-bond donors (Lipinski definition) is 2. The van der Waals surface area contributed by atoms with E-state index in [-0.39, 0.29) is 30.1 Å². The fraction of sp³-hybridized carbons (Fsp3) is 0.435. The van der Waals surface area contributed by atoms with Gasteiger partial charge < -0.3 is 20.1 Å². The third-order valence-electron chi connectivity index (χ3n) is 5.16. The van der Waals surface area contributed by atoms with Crippen molar-refractivity contribution in [2.75, 3.05) is 19.7 Å². The smallest absolute Gasteiger partial charge is 0.191 e. The van der Waals surface area contributed by atoms with Gasteiger partial charge >= 0.3 is 0 Å². The summed E-state index contributed by atoms with van der Waals surface area (Å²) in [4.78, 5) is 4.77. The van der Waals surface area contributed by atoms with Gasteiger partial charge in [-0.05, 0) is 45.0 Å². The highest BCUT2D eigenvalue weighted by atomic mass is 127. The Balaban J connectivity index is 0.00000289. The molecule has 0 spiro atoms. The van der Waals surface area contributed by atoms with E-state index >= 15 is 0 Å². The molecule has 0 fully saturated rings. The second kappa shape index (κ2) is 11.3. The summed E-state index contributed by atoms with van der Waals surface area (Å²) in [5, 5.41) is 15.2. The van der Waals surface area contributed by atoms with Crippen LogP contribution in [0.15, 0.2) is 41.5 Å². The summed E-state index contributed by atoms with van der Waals surface area (Å²) < 4.78 is 13.8. The van der Waals surface area contributed by atoms with Gasteiger partial charge in [0.2, 0.25) is 0 Å². The molecule has 0 aliphatic carbocycles. The molecular weight excluding hydrogens is 519 g/mol. The second-order valence-corrected chi connectivity index (χ2v) is 7.55. The minimum absolute atomic E-state index is 0. The number of aromatic nitrogens is 3. The Bertz CT molecular complexity index is 1070. The summed E-state index contributed by atoms with van der Waals surface area (Å²) in [6.07, 6.45) is 3.84. The van der Waals surface area contributed by atoms with Gasteiger partial charge in [0.05, 0.1) is 13.2 Å². The first kappa shape index (κ1) is 24.1. The Morgan fingerprint density at radius 2 is 2.12 bits per heavy atom. The average Bonchev–Trinajstić information content (AvgIpc) is 3.34. The van der Waals surface area contributed by atoms with Crippen molar-refractivity contribution in [3.63, 3.8) is 0 Å². The first-order chi connectivity index (χ1) is 15.2. The molecule has 0 saturated heterocycles. The number of ether oxygens (including phenoxy) is 2. The molecule has 1 aromatic carbocycles. The molecule has 0 amide bonds. The number of fused-ring (bicyclic) bond motifs is 2. The van der Waals surface area contributed by atoms with Crippen molar-refractivity contribution >= 4 is 35.6 Å². The van der Waals surface area contributed by atoms with Gasteiger partial charge in [-0.3, -0.25) is 4.40 Å². The lowest BCUT2D eigenvalue weighted by Crippen LogP contribution is -2.38. The average molecular weight is 550 g/mol. The highest BCUT2D eigenvalue weighted by Gasteiger charge is 2.21. The Morgan fingerprint density at radius 1 is 1.25 bits per heavy atom. The molecule has 0 bridgehead atoms. The Kier molecular flexibility index (Phi) is 8.54. The zero-order valence-corrected chi connectivity index (χ0v) is 21.1. The fourth-order valence-corrected chi connectivity index (χ4v) is 3.75. The molecule has 0 saturated carbocycles. The van der Waals surface area contributed by atoms with Crippen molar-refractivity contribution in [3.05, 3.63) is 53.5 Å². The normalized spacial score (nSPS) is 15.1. The SMILES string of the molecule is CCNC(=NCc1cc2c(cc1OCC)CC(C)O2)NCCc1nnc2ccccn12.I. The van der Waals surface area contributed by atoms with E-state index in [1.807, 2.05) is 35.7 Å². The molecular formula is C23H31IN6O2. The molecule has 2 aromatic heterocycles.